The highest BCUT2D eigenvalue weighted by atomic mass is 32.2. The lowest BCUT2D eigenvalue weighted by Gasteiger charge is -2.33. The number of anilines is 1. The zero-order valence-electron chi connectivity index (χ0n) is 20.3. The van der Waals surface area contributed by atoms with Crippen LogP contribution in [-0.2, 0) is 26.2 Å². The van der Waals surface area contributed by atoms with Gasteiger partial charge in [-0.3, -0.25) is 13.9 Å². The molecule has 0 aliphatic heterocycles. The monoisotopic (exact) mass is 473 g/mol. The van der Waals surface area contributed by atoms with E-state index in [4.69, 9.17) is 0 Å². The summed E-state index contributed by atoms with van der Waals surface area (Å²) in [5, 5.41) is 2.88. The smallest absolute Gasteiger partial charge is 0.244 e. The number of carbonyl (C=O) groups excluding carboxylic acids is 2. The van der Waals surface area contributed by atoms with E-state index < -0.39 is 22.0 Å². The molecular weight excluding hydrogens is 438 g/mol. The van der Waals surface area contributed by atoms with E-state index in [1.807, 2.05) is 77.1 Å². The van der Waals surface area contributed by atoms with Crippen LogP contribution in [0.4, 0.5) is 5.69 Å². The third-order valence-electron chi connectivity index (χ3n) is 5.33. The molecule has 0 fully saturated rings. The molecule has 0 heterocycles. The van der Waals surface area contributed by atoms with Crippen molar-refractivity contribution in [1.29, 1.82) is 0 Å². The van der Waals surface area contributed by atoms with Gasteiger partial charge in [0.25, 0.3) is 0 Å². The molecule has 180 valence electrons. The van der Waals surface area contributed by atoms with Crippen molar-refractivity contribution in [2.45, 2.75) is 59.7 Å². The molecule has 0 aliphatic carbocycles. The predicted octanol–water partition coefficient (Wildman–Crippen LogP) is 3.40. The molecule has 7 nitrogen and oxygen atoms in total. The van der Waals surface area contributed by atoms with Gasteiger partial charge in [-0.15, -0.1) is 0 Å². The van der Waals surface area contributed by atoms with E-state index >= 15 is 0 Å². The molecule has 0 saturated heterocycles. The normalized spacial score (nSPS) is 12.3. The lowest BCUT2D eigenvalue weighted by atomic mass is 10.1. The molecule has 0 aromatic heterocycles. The summed E-state index contributed by atoms with van der Waals surface area (Å²) >= 11 is 0. The van der Waals surface area contributed by atoms with Crippen LogP contribution < -0.4 is 9.62 Å². The molecule has 2 aromatic rings. The summed E-state index contributed by atoms with van der Waals surface area (Å²) in [6, 6.07) is 14.1. The van der Waals surface area contributed by atoms with Gasteiger partial charge in [0.05, 0.1) is 11.9 Å². The maximum Gasteiger partial charge on any atom is 0.244 e. The summed E-state index contributed by atoms with van der Waals surface area (Å²) in [7, 11) is -3.75. The van der Waals surface area contributed by atoms with Crippen LogP contribution in [0.25, 0.3) is 0 Å². The Hall–Kier alpha value is -2.87. The van der Waals surface area contributed by atoms with Crippen molar-refractivity contribution in [2.24, 2.45) is 0 Å². The summed E-state index contributed by atoms with van der Waals surface area (Å²) in [5.41, 5.74) is 2.96. The fourth-order valence-electron chi connectivity index (χ4n) is 3.66. The summed E-state index contributed by atoms with van der Waals surface area (Å²) < 4.78 is 26.5. The van der Waals surface area contributed by atoms with E-state index in [9.17, 15) is 18.0 Å². The first-order valence-electron chi connectivity index (χ1n) is 11.1. The molecule has 0 spiro atoms. The highest BCUT2D eigenvalue weighted by molar-refractivity contribution is 7.92. The molecule has 2 amide bonds. The van der Waals surface area contributed by atoms with E-state index in [2.05, 4.69) is 5.32 Å². The summed E-state index contributed by atoms with van der Waals surface area (Å²) in [6.07, 6.45) is 1.49. The van der Waals surface area contributed by atoms with Gasteiger partial charge in [0.2, 0.25) is 21.8 Å². The van der Waals surface area contributed by atoms with E-state index in [1.165, 1.54) is 4.90 Å². The number of rotatable bonds is 10. The Bertz CT molecular complexity index is 1070. The second kappa shape index (κ2) is 11.3. The quantitative estimate of drug-likeness (QED) is 0.573. The maximum atomic E-state index is 13.6. The molecule has 2 aromatic carbocycles. The highest BCUT2D eigenvalue weighted by Gasteiger charge is 2.32. The van der Waals surface area contributed by atoms with Crippen LogP contribution >= 0.6 is 0 Å². The number of aryl methyl sites for hydroxylation is 2. The van der Waals surface area contributed by atoms with E-state index in [0.29, 0.717) is 12.1 Å². The van der Waals surface area contributed by atoms with Gasteiger partial charge in [0.15, 0.2) is 0 Å². The SMILES string of the molecule is CC[C@@H](C(=O)NC(C)C)N(Cc1ccccc1)C(=O)CN(c1cc(C)ccc1C)S(C)(=O)=O. The van der Waals surface area contributed by atoms with Gasteiger partial charge in [-0.1, -0.05) is 49.4 Å². The Kier molecular flexibility index (Phi) is 9.05. The maximum absolute atomic E-state index is 13.6. The summed E-state index contributed by atoms with van der Waals surface area (Å²) in [5.74, 6) is -0.689. The van der Waals surface area contributed by atoms with Gasteiger partial charge in [0.1, 0.15) is 12.6 Å². The van der Waals surface area contributed by atoms with Crippen molar-refractivity contribution in [1.82, 2.24) is 10.2 Å². The highest BCUT2D eigenvalue weighted by Crippen LogP contribution is 2.25. The lowest BCUT2D eigenvalue weighted by molar-refractivity contribution is -0.140. The van der Waals surface area contributed by atoms with Crippen molar-refractivity contribution >= 4 is 27.5 Å². The minimum absolute atomic E-state index is 0.0808. The van der Waals surface area contributed by atoms with Crippen LogP contribution in [0.2, 0.25) is 0 Å². The summed E-state index contributed by atoms with van der Waals surface area (Å²) in [6.45, 7) is 9.06. The van der Waals surface area contributed by atoms with Crippen LogP contribution in [0.5, 0.6) is 0 Å². The molecule has 0 radical (unpaired) electrons. The summed E-state index contributed by atoms with van der Waals surface area (Å²) in [4.78, 5) is 28.0. The number of hydrogen-bond acceptors (Lipinski definition) is 4. The fourth-order valence-corrected chi connectivity index (χ4v) is 4.56. The third kappa shape index (κ3) is 7.32. The molecular formula is C25H35N3O4S. The number of sulfonamides is 1. The number of carbonyl (C=O) groups is 2. The molecule has 8 heteroatoms. The van der Waals surface area contributed by atoms with E-state index in [-0.39, 0.29) is 25.0 Å². The number of benzene rings is 2. The zero-order valence-corrected chi connectivity index (χ0v) is 21.1. The minimum atomic E-state index is -3.75. The molecule has 1 atom stereocenters. The van der Waals surface area contributed by atoms with Crippen LogP contribution in [0, 0.1) is 13.8 Å². The molecule has 0 saturated carbocycles. The van der Waals surface area contributed by atoms with Crippen molar-refractivity contribution in [3.63, 3.8) is 0 Å². The van der Waals surface area contributed by atoms with Crippen LogP contribution in [0.1, 0.15) is 43.9 Å². The Balaban J connectivity index is 2.46. The Morgan fingerprint density at radius 1 is 1.03 bits per heavy atom. The van der Waals surface area contributed by atoms with E-state index in [1.54, 1.807) is 6.07 Å². The van der Waals surface area contributed by atoms with Gasteiger partial charge in [0, 0.05) is 12.6 Å². The molecule has 2 rings (SSSR count). The van der Waals surface area contributed by atoms with E-state index in [0.717, 1.165) is 27.3 Å². The first-order chi connectivity index (χ1) is 15.4. The zero-order chi connectivity index (χ0) is 24.8. The van der Waals surface area contributed by atoms with Crippen molar-refractivity contribution < 1.29 is 18.0 Å². The predicted molar refractivity (Wildman–Crippen MR) is 132 cm³/mol. The average molecular weight is 474 g/mol. The molecule has 1 N–H and O–H groups in total. The second-order valence-corrected chi connectivity index (χ2v) is 10.6. The van der Waals surface area contributed by atoms with Crippen molar-refractivity contribution in [3.8, 4) is 0 Å². The lowest BCUT2D eigenvalue weighted by Crippen LogP contribution is -2.53. The van der Waals surface area contributed by atoms with Crippen LogP contribution in [0.3, 0.4) is 0 Å². The Morgan fingerprint density at radius 3 is 2.21 bits per heavy atom. The number of amides is 2. The minimum Gasteiger partial charge on any atom is -0.352 e. The first kappa shape index (κ1) is 26.4. The molecule has 0 unspecified atom stereocenters. The Labute approximate surface area is 197 Å². The number of hydrogen-bond donors (Lipinski definition) is 1. The van der Waals surface area contributed by atoms with Crippen LogP contribution in [-0.4, -0.2) is 50.0 Å². The number of nitrogens with one attached hydrogen (secondary N) is 1. The van der Waals surface area contributed by atoms with Gasteiger partial charge < -0.3 is 10.2 Å². The third-order valence-corrected chi connectivity index (χ3v) is 6.45. The molecule has 33 heavy (non-hydrogen) atoms. The first-order valence-corrected chi connectivity index (χ1v) is 13.0. The Morgan fingerprint density at radius 2 is 1.67 bits per heavy atom. The average Bonchev–Trinajstić information content (AvgIpc) is 2.73. The molecule has 0 aliphatic rings. The fraction of sp³-hybridized carbons (Fsp3) is 0.440. The van der Waals surface area contributed by atoms with Crippen LogP contribution in [0.15, 0.2) is 48.5 Å². The van der Waals surface area contributed by atoms with Gasteiger partial charge in [-0.2, -0.15) is 0 Å². The van der Waals surface area contributed by atoms with Crippen molar-refractivity contribution in [2.75, 3.05) is 17.1 Å². The van der Waals surface area contributed by atoms with Gasteiger partial charge >= 0.3 is 0 Å². The number of nitrogens with zero attached hydrogens (tertiary/aromatic N) is 2. The molecule has 0 bridgehead atoms. The largest absolute Gasteiger partial charge is 0.352 e. The topological polar surface area (TPSA) is 86.8 Å². The van der Waals surface area contributed by atoms with Crippen molar-refractivity contribution in [3.05, 3.63) is 65.2 Å². The van der Waals surface area contributed by atoms with Gasteiger partial charge in [-0.25, -0.2) is 8.42 Å². The van der Waals surface area contributed by atoms with Gasteiger partial charge in [-0.05, 0) is 56.9 Å². The standard InChI is InChI=1S/C25H35N3O4S/c1-7-22(25(30)26-18(2)3)27(16-21-11-9-8-10-12-21)24(29)17-28(33(6,31)32)23-15-19(4)13-14-20(23)5/h8-15,18,22H,7,16-17H2,1-6H3,(H,26,30)/t22-/m0/s1. The second-order valence-electron chi connectivity index (χ2n) is 8.65.